The van der Waals surface area contributed by atoms with Crippen LogP contribution in [-0.2, 0) is 28.3 Å². The Morgan fingerprint density at radius 3 is 2.30 bits per heavy atom. The Labute approximate surface area is 176 Å². The Bertz CT molecular complexity index is 1000. The maximum Gasteiger partial charge on any atom is 0.269 e. The Kier molecular flexibility index (Phi) is 6.57. The maximum absolute atomic E-state index is 12.7. The molecule has 10 heteroatoms. The highest BCUT2D eigenvalue weighted by atomic mass is 32.2. The third-order valence-electron chi connectivity index (χ3n) is 5.44. The van der Waals surface area contributed by atoms with Gasteiger partial charge >= 0.3 is 0 Å². The number of aryl methyl sites for hydroxylation is 3. The van der Waals surface area contributed by atoms with Gasteiger partial charge in [0.25, 0.3) is 15.9 Å². The average Bonchev–Trinajstić information content (AvgIpc) is 3.11. The first-order valence-corrected chi connectivity index (χ1v) is 11.4. The summed E-state index contributed by atoms with van der Waals surface area (Å²) < 4.78 is 28.5. The number of amides is 2. The van der Waals surface area contributed by atoms with Crippen LogP contribution in [0.4, 0.5) is 0 Å². The summed E-state index contributed by atoms with van der Waals surface area (Å²) in [4.78, 5) is 28.7. The van der Waals surface area contributed by atoms with Gasteiger partial charge in [0.1, 0.15) is 5.82 Å². The predicted molar refractivity (Wildman–Crippen MR) is 111 cm³/mol. The number of carbonyl (C=O) groups excluding carboxylic acids is 2. The monoisotopic (exact) mass is 433 g/mol. The third-order valence-corrected chi connectivity index (χ3v) is 7.21. The number of aromatic nitrogens is 2. The molecule has 0 aliphatic carbocycles. The quantitative estimate of drug-likeness (QED) is 0.687. The highest BCUT2D eigenvalue weighted by Crippen LogP contribution is 2.23. The van der Waals surface area contributed by atoms with Crippen molar-refractivity contribution in [2.45, 2.75) is 38.1 Å². The second kappa shape index (κ2) is 8.97. The average molecular weight is 434 g/mol. The van der Waals surface area contributed by atoms with Gasteiger partial charge in [-0.3, -0.25) is 20.4 Å². The van der Waals surface area contributed by atoms with Crippen molar-refractivity contribution in [2.75, 3.05) is 13.1 Å². The zero-order valence-corrected chi connectivity index (χ0v) is 18.2. The molecule has 2 amide bonds. The smallest absolute Gasteiger partial charge is 0.269 e. The maximum atomic E-state index is 12.7. The molecule has 162 valence electrons. The topological polar surface area (TPSA) is 113 Å². The summed E-state index contributed by atoms with van der Waals surface area (Å²) in [5.41, 5.74) is 6.46. The van der Waals surface area contributed by atoms with Crippen molar-refractivity contribution in [3.8, 4) is 0 Å². The van der Waals surface area contributed by atoms with Crippen LogP contribution in [0.3, 0.4) is 0 Å². The summed E-state index contributed by atoms with van der Waals surface area (Å²) in [5, 5.41) is 0.0201. The number of piperidine rings is 1. The fourth-order valence-corrected chi connectivity index (χ4v) is 4.82. The Morgan fingerprint density at radius 2 is 1.77 bits per heavy atom. The van der Waals surface area contributed by atoms with Crippen molar-refractivity contribution in [1.29, 1.82) is 0 Å². The minimum absolute atomic E-state index is 0.0201. The summed E-state index contributed by atoms with van der Waals surface area (Å²) >= 11 is 0. The van der Waals surface area contributed by atoms with Gasteiger partial charge in [-0.2, -0.15) is 4.31 Å². The number of nitrogens with one attached hydrogen (secondary N) is 2. The van der Waals surface area contributed by atoms with E-state index in [1.807, 2.05) is 19.1 Å². The van der Waals surface area contributed by atoms with Gasteiger partial charge in [-0.1, -0.05) is 19.1 Å². The molecule has 0 atom stereocenters. The molecule has 1 aliphatic rings. The Balaban J connectivity index is 1.51. The number of imidazole rings is 1. The van der Waals surface area contributed by atoms with Crippen molar-refractivity contribution in [3.05, 3.63) is 47.4 Å². The largest absolute Gasteiger partial charge is 0.337 e. The molecule has 1 aromatic carbocycles. The number of hydrogen-bond acceptors (Lipinski definition) is 5. The number of carbonyl (C=O) groups is 2. The van der Waals surface area contributed by atoms with Crippen LogP contribution < -0.4 is 10.9 Å². The first kappa shape index (κ1) is 22.0. The standard InChI is InChI=1S/C20H27N5O4S/c1-4-15-5-7-16(8-6-15)19(26)22-23-20(27)17-9-11-25(12-10-17)30(28,29)18-13-24(3)14(2)21-18/h5-8,13,17H,4,9-12H2,1-3H3,(H,22,26)(H,23,27). The summed E-state index contributed by atoms with van der Waals surface area (Å²) in [6.07, 6.45) is 3.12. The number of hydrazine groups is 1. The fourth-order valence-electron chi connectivity index (χ4n) is 3.33. The van der Waals surface area contributed by atoms with Crippen LogP contribution >= 0.6 is 0 Å². The molecule has 1 aromatic heterocycles. The van der Waals surface area contributed by atoms with E-state index in [2.05, 4.69) is 15.8 Å². The van der Waals surface area contributed by atoms with E-state index in [4.69, 9.17) is 0 Å². The molecule has 30 heavy (non-hydrogen) atoms. The number of hydrogen-bond donors (Lipinski definition) is 2. The van der Waals surface area contributed by atoms with Crippen LogP contribution in [0.1, 0.15) is 41.5 Å². The third kappa shape index (κ3) is 4.71. The molecule has 0 spiro atoms. The molecule has 1 aliphatic heterocycles. The SMILES string of the molecule is CCc1ccc(C(=O)NNC(=O)C2CCN(S(=O)(=O)c3cn(C)c(C)n3)CC2)cc1. The summed E-state index contributed by atoms with van der Waals surface area (Å²) in [6, 6.07) is 7.16. The Morgan fingerprint density at radius 1 is 1.13 bits per heavy atom. The summed E-state index contributed by atoms with van der Waals surface area (Å²) in [6.45, 7) is 4.22. The van der Waals surface area contributed by atoms with Crippen LogP contribution in [0.5, 0.6) is 0 Å². The number of benzene rings is 1. The number of rotatable bonds is 5. The molecule has 0 unspecified atom stereocenters. The van der Waals surface area contributed by atoms with Crippen LogP contribution in [0, 0.1) is 12.8 Å². The van der Waals surface area contributed by atoms with E-state index in [0.717, 1.165) is 12.0 Å². The van der Waals surface area contributed by atoms with Gasteiger partial charge in [-0.05, 0) is 43.9 Å². The van der Waals surface area contributed by atoms with Crippen molar-refractivity contribution in [3.63, 3.8) is 0 Å². The van der Waals surface area contributed by atoms with Gasteiger partial charge in [0.15, 0.2) is 5.03 Å². The van der Waals surface area contributed by atoms with Gasteiger partial charge in [0.2, 0.25) is 5.91 Å². The first-order chi connectivity index (χ1) is 14.2. The lowest BCUT2D eigenvalue weighted by atomic mass is 9.98. The van der Waals surface area contributed by atoms with Crippen LogP contribution in [0.15, 0.2) is 35.5 Å². The molecular formula is C20H27N5O4S. The summed E-state index contributed by atoms with van der Waals surface area (Å²) in [7, 11) is -1.94. The van der Waals surface area contributed by atoms with Crippen molar-refractivity contribution in [2.24, 2.45) is 13.0 Å². The lowest BCUT2D eigenvalue weighted by Crippen LogP contribution is -2.48. The zero-order chi connectivity index (χ0) is 21.9. The van der Waals surface area contributed by atoms with E-state index in [0.29, 0.717) is 24.2 Å². The van der Waals surface area contributed by atoms with Crippen molar-refractivity contribution in [1.82, 2.24) is 24.7 Å². The minimum atomic E-state index is -3.68. The molecule has 1 fully saturated rings. The van der Waals surface area contributed by atoms with E-state index >= 15 is 0 Å². The highest BCUT2D eigenvalue weighted by molar-refractivity contribution is 7.89. The molecule has 0 bridgehead atoms. The molecule has 2 N–H and O–H groups in total. The van der Waals surface area contributed by atoms with Gasteiger partial charge in [-0.25, -0.2) is 13.4 Å². The molecule has 9 nitrogen and oxygen atoms in total. The van der Waals surface area contributed by atoms with Gasteiger partial charge in [0.05, 0.1) is 0 Å². The fraction of sp³-hybridized carbons (Fsp3) is 0.450. The first-order valence-electron chi connectivity index (χ1n) is 9.91. The van der Waals surface area contributed by atoms with Crippen LogP contribution in [0.25, 0.3) is 0 Å². The Hall–Kier alpha value is -2.72. The lowest BCUT2D eigenvalue weighted by molar-refractivity contribution is -0.126. The molecule has 1 saturated heterocycles. The van der Waals surface area contributed by atoms with Crippen molar-refractivity contribution >= 4 is 21.8 Å². The second-order valence-corrected chi connectivity index (χ2v) is 9.29. The highest BCUT2D eigenvalue weighted by Gasteiger charge is 2.33. The van der Waals surface area contributed by atoms with Crippen LogP contribution in [0.2, 0.25) is 0 Å². The molecule has 3 rings (SSSR count). The van der Waals surface area contributed by atoms with E-state index in [9.17, 15) is 18.0 Å². The van der Waals surface area contributed by atoms with E-state index < -0.39 is 15.9 Å². The van der Waals surface area contributed by atoms with E-state index in [1.54, 1.807) is 30.7 Å². The molecule has 2 aromatic rings. The number of sulfonamides is 1. The van der Waals surface area contributed by atoms with E-state index in [-0.39, 0.29) is 29.9 Å². The molecule has 2 heterocycles. The normalized spacial score (nSPS) is 15.7. The molecule has 0 saturated carbocycles. The van der Waals surface area contributed by atoms with Crippen LogP contribution in [-0.4, -0.2) is 47.2 Å². The number of nitrogens with zero attached hydrogens (tertiary/aromatic N) is 3. The zero-order valence-electron chi connectivity index (χ0n) is 17.4. The van der Waals surface area contributed by atoms with Gasteiger partial charge in [-0.15, -0.1) is 0 Å². The predicted octanol–water partition coefficient (Wildman–Crippen LogP) is 1.15. The van der Waals surface area contributed by atoms with E-state index in [1.165, 1.54) is 10.5 Å². The lowest BCUT2D eigenvalue weighted by Gasteiger charge is -2.29. The minimum Gasteiger partial charge on any atom is -0.337 e. The summed E-state index contributed by atoms with van der Waals surface area (Å²) in [5.74, 6) is -0.469. The molecule has 0 radical (unpaired) electrons. The van der Waals surface area contributed by atoms with Gasteiger partial charge in [0, 0.05) is 37.8 Å². The molecular weight excluding hydrogens is 406 g/mol. The van der Waals surface area contributed by atoms with Gasteiger partial charge < -0.3 is 4.57 Å². The van der Waals surface area contributed by atoms with Crippen molar-refractivity contribution < 1.29 is 18.0 Å². The second-order valence-electron chi connectivity index (χ2n) is 7.41.